The zero-order valence-corrected chi connectivity index (χ0v) is 11.4. The standard InChI is InChI=1S/C14H16ClN3O/c15-11-5-6-13-17-12(9-18(13)8-11)7-16-14(19)10-3-1-2-4-10/h5-6,8-10H,1-4,7H2,(H,16,19). The van der Waals surface area contributed by atoms with Crippen molar-refractivity contribution in [3.05, 3.63) is 35.2 Å². The number of pyridine rings is 1. The average Bonchev–Trinajstić information content (AvgIpc) is 3.04. The fraction of sp³-hybridized carbons (Fsp3) is 0.429. The minimum Gasteiger partial charge on any atom is -0.350 e. The summed E-state index contributed by atoms with van der Waals surface area (Å²) >= 11 is 5.92. The molecule has 1 aliphatic rings. The number of fused-ring (bicyclic) bond motifs is 1. The molecule has 0 spiro atoms. The summed E-state index contributed by atoms with van der Waals surface area (Å²) in [6.45, 7) is 0.481. The summed E-state index contributed by atoms with van der Waals surface area (Å²) in [4.78, 5) is 16.4. The van der Waals surface area contributed by atoms with Gasteiger partial charge in [-0.15, -0.1) is 0 Å². The molecule has 2 heterocycles. The van der Waals surface area contributed by atoms with Crippen molar-refractivity contribution in [3.63, 3.8) is 0 Å². The lowest BCUT2D eigenvalue weighted by Gasteiger charge is -2.08. The molecular weight excluding hydrogens is 262 g/mol. The Labute approximate surface area is 116 Å². The summed E-state index contributed by atoms with van der Waals surface area (Å²) in [5.74, 6) is 0.360. The largest absolute Gasteiger partial charge is 0.350 e. The van der Waals surface area contributed by atoms with Gasteiger partial charge in [0, 0.05) is 18.3 Å². The fourth-order valence-electron chi connectivity index (χ4n) is 2.61. The first-order valence-corrected chi connectivity index (χ1v) is 7.01. The zero-order valence-electron chi connectivity index (χ0n) is 10.6. The van der Waals surface area contributed by atoms with Gasteiger partial charge in [0.2, 0.25) is 5.91 Å². The second-order valence-electron chi connectivity index (χ2n) is 5.04. The van der Waals surface area contributed by atoms with Gasteiger partial charge in [-0.3, -0.25) is 4.79 Å². The smallest absolute Gasteiger partial charge is 0.223 e. The van der Waals surface area contributed by atoms with Crippen LogP contribution >= 0.6 is 11.6 Å². The van der Waals surface area contributed by atoms with Crippen molar-refractivity contribution in [2.24, 2.45) is 5.92 Å². The molecule has 0 aromatic carbocycles. The Morgan fingerprint density at radius 2 is 2.16 bits per heavy atom. The quantitative estimate of drug-likeness (QED) is 0.938. The Kier molecular flexibility index (Phi) is 3.42. The van der Waals surface area contributed by atoms with E-state index in [9.17, 15) is 4.79 Å². The third-order valence-corrected chi connectivity index (χ3v) is 3.86. The Hall–Kier alpha value is -1.55. The van der Waals surface area contributed by atoms with E-state index in [0.29, 0.717) is 11.6 Å². The molecule has 0 bridgehead atoms. The van der Waals surface area contributed by atoms with E-state index in [2.05, 4.69) is 10.3 Å². The van der Waals surface area contributed by atoms with Crippen molar-refractivity contribution in [1.29, 1.82) is 0 Å². The predicted octanol–water partition coefficient (Wildman–Crippen LogP) is 2.79. The predicted molar refractivity (Wildman–Crippen MR) is 74.0 cm³/mol. The van der Waals surface area contributed by atoms with Crippen molar-refractivity contribution in [2.75, 3.05) is 0 Å². The molecule has 2 aromatic heterocycles. The first kappa shape index (κ1) is 12.5. The molecule has 0 atom stereocenters. The van der Waals surface area contributed by atoms with Gasteiger partial charge in [0.15, 0.2) is 0 Å². The third-order valence-electron chi connectivity index (χ3n) is 3.63. The molecule has 0 aliphatic heterocycles. The maximum Gasteiger partial charge on any atom is 0.223 e. The Morgan fingerprint density at radius 3 is 2.95 bits per heavy atom. The summed E-state index contributed by atoms with van der Waals surface area (Å²) in [7, 11) is 0. The Bertz CT molecular complexity index is 602. The van der Waals surface area contributed by atoms with E-state index in [1.165, 1.54) is 12.8 Å². The molecule has 0 radical (unpaired) electrons. The first-order chi connectivity index (χ1) is 9.22. The summed E-state index contributed by atoms with van der Waals surface area (Å²) in [5, 5.41) is 3.64. The number of aromatic nitrogens is 2. The number of nitrogens with zero attached hydrogens (tertiary/aromatic N) is 2. The molecule has 1 fully saturated rings. The number of halogens is 1. The summed E-state index contributed by atoms with van der Waals surface area (Å²) in [6, 6.07) is 3.68. The van der Waals surface area contributed by atoms with Crippen LogP contribution in [-0.4, -0.2) is 15.3 Å². The monoisotopic (exact) mass is 277 g/mol. The Morgan fingerprint density at radius 1 is 1.37 bits per heavy atom. The second kappa shape index (κ2) is 5.21. The lowest BCUT2D eigenvalue weighted by Crippen LogP contribution is -2.28. The molecule has 19 heavy (non-hydrogen) atoms. The molecule has 0 unspecified atom stereocenters. The van der Waals surface area contributed by atoms with Crippen molar-refractivity contribution < 1.29 is 4.79 Å². The molecule has 4 nitrogen and oxygen atoms in total. The van der Waals surface area contributed by atoms with Gasteiger partial charge in [-0.1, -0.05) is 24.4 Å². The van der Waals surface area contributed by atoms with Gasteiger partial charge in [0.05, 0.1) is 17.3 Å². The van der Waals surface area contributed by atoms with E-state index in [4.69, 9.17) is 11.6 Å². The number of hydrogen-bond donors (Lipinski definition) is 1. The van der Waals surface area contributed by atoms with Crippen LogP contribution in [0.15, 0.2) is 24.5 Å². The minimum atomic E-state index is 0.160. The average molecular weight is 278 g/mol. The maximum atomic E-state index is 11.9. The molecule has 100 valence electrons. The molecule has 1 saturated carbocycles. The normalized spacial score (nSPS) is 16.1. The highest BCUT2D eigenvalue weighted by Gasteiger charge is 2.22. The zero-order chi connectivity index (χ0) is 13.2. The highest BCUT2D eigenvalue weighted by Crippen LogP contribution is 2.24. The van der Waals surface area contributed by atoms with Crippen LogP contribution in [-0.2, 0) is 11.3 Å². The van der Waals surface area contributed by atoms with Crippen molar-refractivity contribution in [2.45, 2.75) is 32.2 Å². The maximum absolute atomic E-state index is 11.9. The van der Waals surface area contributed by atoms with Crippen molar-refractivity contribution in [3.8, 4) is 0 Å². The molecular formula is C14H16ClN3O. The first-order valence-electron chi connectivity index (χ1n) is 6.63. The van der Waals surface area contributed by atoms with Crippen LogP contribution in [0.4, 0.5) is 0 Å². The number of amides is 1. The third kappa shape index (κ3) is 2.73. The lowest BCUT2D eigenvalue weighted by atomic mass is 10.1. The van der Waals surface area contributed by atoms with Gasteiger partial charge >= 0.3 is 0 Å². The van der Waals surface area contributed by atoms with Crippen LogP contribution < -0.4 is 5.32 Å². The minimum absolute atomic E-state index is 0.160. The summed E-state index contributed by atoms with van der Waals surface area (Å²) in [6.07, 6.45) is 8.09. The van der Waals surface area contributed by atoms with Gasteiger partial charge in [-0.25, -0.2) is 4.98 Å². The van der Waals surface area contributed by atoms with E-state index >= 15 is 0 Å². The fourth-order valence-corrected chi connectivity index (χ4v) is 2.78. The molecule has 1 amide bonds. The number of rotatable bonds is 3. The molecule has 1 aliphatic carbocycles. The summed E-state index contributed by atoms with van der Waals surface area (Å²) in [5.41, 5.74) is 1.70. The van der Waals surface area contributed by atoms with Crippen LogP contribution in [0.1, 0.15) is 31.4 Å². The second-order valence-corrected chi connectivity index (χ2v) is 5.48. The van der Waals surface area contributed by atoms with Gasteiger partial charge < -0.3 is 9.72 Å². The van der Waals surface area contributed by atoms with Crippen LogP contribution in [0.2, 0.25) is 5.02 Å². The van der Waals surface area contributed by atoms with Crippen molar-refractivity contribution >= 4 is 23.2 Å². The number of hydrogen-bond acceptors (Lipinski definition) is 2. The van der Waals surface area contributed by atoms with Crippen LogP contribution in [0.3, 0.4) is 0 Å². The molecule has 3 rings (SSSR count). The Balaban J connectivity index is 1.66. The van der Waals surface area contributed by atoms with E-state index in [1.807, 2.05) is 28.9 Å². The highest BCUT2D eigenvalue weighted by molar-refractivity contribution is 6.30. The van der Waals surface area contributed by atoms with Gasteiger partial charge in [-0.2, -0.15) is 0 Å². The number of imidazole rings is 1. The summed E-state index contributed by atoms with van der Waals surface area (Å²) < 4.78 is 1.87. The van der Waals surface area contributed by atoms with Gasteiger partial charge in [0.25, 0.3) is 0 Å². The van der Waals surface area contributed by atoms with Crippen LogP contribution in [0, 0.1) is 5.92 Å². The van der Waals surface area contributed by atoms with Crippen LogP contribution in [0.25, 0.3) is 5.65 Å². The highest BCUT2D eigenvalue weighted by atomic mass is 35.5. The number of carbonyl (C=O) groups is 1. The van der Waals surface area contributed by atoms with E-state index in [0.717, 1.165) is 24.2 Å². The van der Waals surface area contributed by atoms with Crippen LogP contribution in [0.5, 0.6) is 0 Å². The van der Waals surface area contributed by atoms with E-state index < -0.39 is 0 Å². The van der Waals surface area contributed by atoms with E-state index in [-0.39, 0.29) is 11.8 Å². The molecule has 5 heteroatoms. The van der Waals surface area contributed by atoms with Gasteiger partial charge in [0.1, 0.15) is 5.65 Å². The molecule has 2 aromatic rings. The van der Waals surface area contributed by atoms with Crippen molar-refractivity contribution in [1.82, 2.24) is 14.7 Å². The van der Waals surface area contributed by atoms with Gasteiger partial charge in [-0.05, 0) is 25.0 Å². The lowest BCUT2D eigenvalue weighted by molar-refractivity contribution is -0.124. The van der Waals surface area contributed by atoms with E-state index in [1.54, 1.807) is 0 Å². The SMILES string of the molecule is O=C(NCc1cn2cc(Cl)ccc2n1)C1CCCC1. The number of carbonyl (C=O) groups excluding carboxylic acids is 1. The number of nitrogens with one attached hydrogen (secondary N) is 1. The molecule has 0 saturated heterocycles. The molecule has 1 N–H and O–H groups in total. The topological polar surface area (TPSA) is 46.4 Å².